The van der Waals surface area contributed by atoms with Gasteiger partial charge in [-0.15, -0.1) is 24.0 Å². The van der Waals surface area contributed by atoms with E-state index in [1.54, 1.807) is 12.1 Å². The van der Waals surface area contributed by atoms with E-state index in [0.29, 0.717) is 5.88 Å². The Morgan fingerprint density at radius 1 is 1.18 bits per heavy atom. The fourth-order valence-electron chi connectivity index (χ4n) is 0.760. The van der Waals surface area contributed by atoms with Gasteiger partial charge in [0, 0.05) is 5.88 Å². The van der Waals surface area contributed by atoms with Crippen molar-refractivity contribution in [2.24, 2.45) is 0 Å². The van der Waals surface area contributed by atoms with Gasteiger partial charge in [0.2, 0.25) is 0 Å². The second-order valence-corrected chi connectivity index (χ2v) is 2.44. The first-order chi connectivity index (χ1) is 4.83. The number of hydrogen-bond acceptors (Lipinski definition) is 0. The maximum absolute atomic E-state index is 12.3. The number of rotatable bonds is 2. The molecule has 0 spiro atoms. The van der Waals surface area contributed by atoms with E-state index in [2.05, 4.69) is 0 Å². The molecule has 0 radical (unpaired) electrons. The summed E-state index contributed by atoms with van der Waals surface area (Å²) in [7, 11) is 0. The maximum Gasteiger partial charge on any atom is 0.123 e. The summed E-state index contributed by atoms with van der Waals surface area (Å²) in [4.78, 5) is 0. The molecule has 0 N–H and O–H groups in total. The second kappa shape index (κ2) is 5.39. The van der Waals surface area contributed by atoms with Crippen LogP contribution in [0.25, 0.3) is 0 Å². The molecular formula is C8H9Cl2F. The molecule has 1 aromatic carbocycles. The van der Waals surface area contributed by atoms with Crippen molar-refractivity contribution < 1.29 is 4.39 Å². The summed E-state index contributed by atoms with van der Waals surface area (Å²) in [6, 6.07) is 6.39. The number of benzene rings is 1. The van der Waals surface area contributed by atoms with Gasteiger partial charge in [0.05, 0.1) is 0 Å². The molecule has 0 bridgehead atoms. The van der Waals surface area contributed by atoms with E-state index in [1.165, 1.54) is 12.1 Å². The third-order valence-electron chi connectivity index (χ3n) is 1.30. The first kappa shape index (κ1) is 10.7. The smallest absolute Gasteiger partial charge is 0.123 e. The molecule has 62 valence electrons. The number of aryl methyl sites for hydroxylation is 1. The molecular weight excluding hydrogens is 186 g/mol. The molecule has 0 unspecified atom stereocenters. The van der Waals surface area contributed by atoms with Gasteiger partial charge >= 0.3 is 0 Å². The van der Waals surface area contributed by atoms with Crippen LogP contribution in [0.5, 0.6) is 0 Å². The van der Waals surface area contributed by atoms with Crippen LogP contribution < -0.4 is 0 Å². The van der Waals surface area contributed by atoms with Gasteiger partial charge in [0.25, 0.3) is 0 Å². The van der Waals surface area contributed by atoms with Crippen molar-refractivity contribution in [2.45, 2.75) is 6.42 Å². The number of halogens is 3. The quantitative estimate of drug-likeness (QED) is 0.636. The van der Waals surface area contributed by atoms with E-state index in [1.807, 2.05) is 0 Å². The van der Waals surface area contributed by atoms with E-state index in [4.69, 9.17) is 11.6 Å². The Morgan fingerprint density at radius 3 is 2.18 bits per heavy atom. The summed E-state index contributed by atoms with van der Waals surface area (Å²) in [5.41, 5.74) is 1.08. The molecule has 0 heterocycles. The minimum Gasteiger partial charge on any atom is -0.207 e. The first-order valence-electron chi connectivity index (χ1n) is 3.13. The van der Waals surface area contributed by atoms with Crippen molar-refractivity contribution in [3.8, 4) is 0 Å². The Morgan fingerprint density at radius 2 is 1.73 bits per heavy atom. The van der Waals surface area contributed by atoms with Gasteiger partial charge in [-0.3, -0.25) is 0 Å². The van der Waals surface area contributed by atoms with Gasteiger partial charge in [-0.25, -0.2) is 4.39 Å². The molecule has 0 aliphatic heterocycles. The van der Waals surface area contributed by atoms with Crippen LogP contribution in [0.4, 0.5) is 4.39 Å². The third kappa shape index (κ3) is 3.59. The van der Waals surface area contributed by atoms with E-state index < -0.39 is 0 Å². The Hall–Kier alpha value is -0.270. The van der Waals surface area contributed by atoms with E-state index in [-0.39, 0.29) is 18.2 Å². The molecule has 0 fully saturated rings. The molecule has 0 amide bonds. The summed E-state index contributed by atoms with van der Waals surface area (Å²) in [5.74, 6) is 0.393. The lowest BCUT2D eigenvalue weighted by molar-refractivity contribution is 0.627. The minimum absolute atomic E-state index is 0. The lowest BCUT2D eigenvalue weighted by Gasteiger charge is -1.94. The molecule has 11 heavy (non-hydrogen) atoms. The van der Waals surface area contributed by atoms with Crippen molar-refractivity contribution in [3.05, 3.63) is 35.6 Å². The van der Waals surface area contributed by atoms with Gasteiger partial charge in [0.15, 0.2) is 0 Å². The Kier molecular flexibility index (Phi) is 5.26. The van der Waals surface area contributed by atoms with Crippen LogP contribution in [0, 0.1) is 5.82 Å². The van der Waals surface area contributed by atoms with Crippen LogP contribution in [0.3, 0.4) is 0 Å². The van der Waals surface area contributed by atoms with Crippen molar-refractivity contribution in [2.75, 3.05) is 5.88 Å². The minimum atomic E-state index is -0.196. The Labute approximate surface area is 76.8 Å². The standard InChI is InChI=1S/C8H8ClF.ClH/c9-6-5-7-1-3-8(10)4-2-7;/h1-4H,5-6H2;1H. The summed E-state index contributed by atoms with van der Waals surface area (Å²) >= 11 is 5.48. The number of hydrogen-bond donors (Lipinski definition) is 0. The van der Waals surface area contributed by atoms with Crippen LogP contribution in [0.15, 0.2) is 24.3 Å². The third-order valence-corrected chi connectivity index (χ3v) is 1.49. The van der Waals surface area contributed by atoms with E-state index in [9.17, 15) is 4.39 Å². The molecule has 1 rings (SSSR count). The topological polar surface area (TPSA) is 0 Å². The highest BCUT2D eigenvalue weighted by molar-refractivity contribution is 6.17. The van der Waals surface area contributed by atoms with Crippen LogP contribution in [-0.2, 0) is 6.42 Å². The normalized spacial score (nSPS) is 8.91. The highest BCUT2D eigenvalue weighted by Crippen LogP contribution is 2.03. The zero-order valence-electron chi connectivity index (χ0n) is 5.89. The first-order valence-corrected chi connectivity index (χ1v) is 3.67. The molecule has 0 saturated heterocycles. The zero-order chi connectivity index (χ0) is 7.40. The van der Waals surface area contributed by atoms with Crippen molar-refractivity contribution in [1.29, 1.82) is 0 Å². The summed E-state index contributed by atoms with van der Waals surface area (Å²) < 4.78 is 12.3. The fraction of sp³-hybridized carbons (Fsp3) is 0.250. The Balaban J connectivity index is 0.000001000. The summed E-state index contributed by atoms with van der Waals surface area (Å²) in [5, 5.41) is 0. The van der Waals surface area contributed by atoms with Gasteiger partial charge in [-0.2, -0.15) is 0 Å². The van der Waals surface area contributed by atoms with Crippen molar-refractivity contribution in [3.63, 3.8) is 0 Å². The Bertz CT molecular complexity index is 196. The molecule has 3 heteroatoms. The average molecular weight is 195 g/mol. The monoisotopic (exact) mass is 194 g/mol. The summed E-state index contributed by atoms with van der Waals surface area (Å²) in [6.45, 7) is 0. The van der Waals surface area contributed by atoms with Crippen molar-refractivity contribution in [1.82, 2.24) is 0 Å². The van der Waals surface area contributed by atoms with Gasteiger partial charge in [0.1, 0.15) is 5.82 Å². The lowest BCUT2D eigenvalue weighted by atomic mass is 10.2. The molecule has 0 atom stereocenters. The largest absolute Gasteiger partial charge is 0.207 e. The van der Waals surface area contributed by atoms with E-state index >= 15 is 0 Å². The molecule has 0 aliphatic carbocycles. The second-order valence-electron chi connectivity index (χ2n) is 2.07. The van der Waals surface area contributed by atoms with Crippen LogP contribution >= 0.6 is 24.0 Å². The lowest BCUT2D eigenvalue weighted by Crippen LogP contribution is -1.84. The SMILES string of the molecule is Cl.Fc1ccc(CCCl)cc1. The molecule has 0 nitrogen and oxygen atoms in total. The predicted octanol–water partition coefficient (Wildman–Crippen LogP) is 3.03. The van der Waals surface area contributed by atoms with Gasteiger partial charge < -0.3 is 0 Å². The predicted molar refractivity (Wildman–Crippen MR) is 48.1 cm³/mol. The highest BCUT2D eigenvalue weighted by atomic mass is 35.5. The summed E-state index contributed by atoms with van der Waals surface area (Å²) in [6.07, 6.45) is 0.807. The molecule has 0 aromatic heterocycles. The van der Waals surface area contributed by atoms with E-state index in [0.717, 1.165) is 12.0 Å². The molecule has 1 aromatic rings. The molecule has 0 aliphatic rings. The zero-order valence-corrected chi connectivity index (χ0v) is 7.46. The van der Waals surface area contributed by atoms with Gasteiger partial charge in [-0.05, 0) is 24.1 Å². The average Bonchev–Trinajstić information content (AvgIpc) is 1.95. The van der Waals surface area contributed by atoms with Gasteiger partial charge in [-0.1, -0.05) is 12.1 Å². The maximum atomic E-state index is 12.3. The number of alkyl halides is 1. The van der Waals surface area contributed by atoms with Crippen molar-refractivity contribution >= 4 is 24.0 Å². The van der Waals surface area contributed by atoms with Crippen LogP contribution in [-0.4, -0.2) is 5.88 Å². The molecule has 0 saturated carbocycles. The van der Waals surface area contributed by atoms with Crippen LogP contribution in [0.1, 0.15) is 5.56 Å². The van der Waals surface area contributed by atoms with Crippen LogP contribution in [0.2, 0.25) is 0 Å². The fourth-order valence-corrected chi connectivity index (χ4v) is 0.978. The highest BCUT2D eigenvalue weighted by Gasteiger charge is 1.90.